The molecule has 0 saturated carbocycles. The molecule has 2 N–H and O–H groups in total. The van der Waals surface area contributed by atoms with E-state index in [1.807, 2.05) is 13.2 Å². The molecule has 0 aliphatic carbocycles. The number of pyridine rings is 1. The maximum absolute atomic E-state index is 5.75. The Morgan fingerprint density at radius 2 is 2.05 bits per heavy atom. The van der Waals surface area contributed by atoms with Gasteiger partial charge in [0, 0.05) is 39.9 Å². The predicted octanol–water partition coefficient (Wildman–Crippen LogP) is 1.61. The third-order valence-corrected chi connectivity index (χ3v) is 3.47. The second-order valence-corrected chi connectivity index (χ2v) is 5.36. The first-order valence-electron chi connectivity index (χ1n) is 7.36. The Balaban J connectivity index is 0.00000242. The maximum atomic E-state index is 5.75. The lowest BCUT2D eigenvalue weighted by Gasteiger charge is -2.36. The molecule has 1 aromatic rings. The van der Waals surface area contributed by atoms with Gasteiger partial charge >= 0.3 is 0 Å². The highest BCUT2D eigenvalue weighted by atomic mass is 127. The van der Waals surface area contributed by atoms with Crippen molar-refractivity contribution in [1.29, 1.82) is 0 Å². The normalized spacial score (nSPS) is 22.0. The van der Waals surface area contributed by atoms with Crippen LogP contribution in [-0.4, -0.2) is 50.3 Å². The van der Waals surface area contributed by atoms with Crippen LogP contribution in [0.25, 0.3) is 0 Å². The molecule has 1 aromatic heterocycles. The van der Waals surface area contributed by atoms with Crippen molar-refractivity contribution in [2.45, 2.75) is 32.6 Å². The van der Waals surface area contributed by atoms with E-state index in [2.05, 4.69) is 51.5 Å². The highest BCUT2D eigenvalue weighted by Crippen LogP contribution is 2.18. The highest BCUT2D eigenvalue weighted by molar-refractivity contribution is 14.0. The zero-order valence-electron chi connectivity index (χ0n) is 13.7. The lowest BCUT2D eigenvalue weighted by molar-refractivity contribution is -0.00545. The van der Waals surface area contributed by atoms with Crippen LogP contribution < -0.4 is 15.5 Å². The van der Waals surface area contributed by atoms with E-state index in [0.717, 1.165) is 30.4 Å². The largest absolute Gasteiger partial charge is 0.372 e. The fraction of sp³-hybridized carbons (Fsp3) is 0.600. The average molecular weight is 419 g/mol. The number of aliphatic imine (C=N–C) groups is 1. The van der Waals surface area contributed by atoms with Crippen LogP contribution in [0, 0.1) is 0 Å². The van der Waals surface area contributed by atoms with Crippen molar-refractivity contribution >= 4 is 35.8 Å². The standard InChI is InChI=1S/C15H25N5O.HI/c1-11-9-20(10-12(2)21-11)14-6-5-13(7-18-14)8-19-15(16-3)17-4;/h5-7,11-12H,8-10H2,1-4H3,(H2,16,17,19);1H. The van der Waals surface area contributed by atoms with Gasteiger partial charge in [0.2, 0.25) is 0 Å². The lowest BCUT2D eigenvalue weighted by Crippen LogP contribution is -2.45. The Bertz CT molecular complexity index is 469. The van der Waals surface area contributed by atoms with Crippen molar-refractivity contribution in [1.82, 2.24) is 15.6 Å². The molecule has 0 aromatic carbocycles. The summed E-state index contributed by atoms with van der Waals surface area (Å²) in [5.74, 6) is 1.79. The molecule has 2 rings (SSSR count). The number of morpholine rings is 1. The smallest absolute Gasteiger partial charge is 0.190 e. The van der Waals surface area contributed by atoms with E-state index in [4.69, 9.17) is 4.74 Å². The Morgan fingerprint density at radius 1 is 1.36 bits per heavy atom. The van der Waals surface area contributed by atoms with E-state index >= 15 is 0 Å². The summed E-state index contributed by atoms with van der Waals surface area (Å²) < 4.78 is 5.75. The molecule has 2 heterocycles. The van der Waals surface area contributed by atoms with E-state index in [0.29, 0.717) is 6.54 Å². The molecule has 1 aliphatic heterocycles. The number of guanidine groups is 1. The fourth-order valence-electron chi connectivity index (χ4n) is 2.54. The number of nitrogens with zero attached hydrogens (tertiary/aromatic N) is 3. The molecule has 1 fully saturated rings. The van der Waals surface area contributed by atoms with Crippen molar-refractivity contribution in [3.05, 3.63) is 23.9 Å². The SMILES string of the molecule is CN=C(NC)NCc1ccc(N2CC(C)OC(C)C2)nc1.I. The van der Waals surface area contributed by atoms with Crippen molar-refractivity contribution in [3.63, 3.8) is 0 Å². The van der Waals surface area contributed by atoms with Gasteiger partial charge in [-0.15, -0.1) is 24.0 Å². The van der Waals surface area contributed by atoms with Crippen LogP contribution in [0.4, 0.5) is 5.82 Å². The summed E-state index contributed by atoms with van der Waals surface area (Å²) in [6, 6.07) is 4.17. The minimum absolute atomic E-state index is 0. The van der Waals surface area contributed by atoms with Crippen LogP contribution >= 0.6 is 24.0 Å². The number of anilines is 1. The number of rotatable bonds is 3. The van der Waals surface area contributed by atoms with E-state index in [1.165, 1.54) is 0 Å². The number of hydrogen-bond acceptors (Lipinski definition) is 4. The summed E-state index contributed by atoms with van der Waals surface area (Å²) in [6.45, 7) is 6.69. The molecule has 0 radical (unpaired) electrons. The average Bonchev–Trinajstić information content (AvgIpc) is 2.48. The third kappa shape index (κ3) is 5.28. The maximum Gasteiger partial charge on any atom is 0.190 e. The lowest BCUT2D eigenvalue weighted by atomic mass is 10.2. The van der Waals surface area contributed by atoms with Gasteiger partial charge in [0.25, 0.3) is 0 Å². The topological polar surface area (TPSA) is 61.8 Å². The molecular formula is C15H26IN5O. The van der Waals surface area contributed by atoms with Gasteiger partial charge in [0.15, 0.2) is 5.96 Å². The molecule has 124 valence electrons. The summed E-state index contributed by atoms with van der Waals surface area (Å²) >= 11 is 0. The van der Waals surface area contributed by atoms with Crippen LogP contribution in [0.1, 0.15) is 19.4 Å². The first-order valence-corrected chi connectivity index (χ1v) is 7.36. The van der Waals surface area contributed by atoms with Gasteiger partial charge in [-0.1, -0.05) is 6.07 Å². The molecule has 0 amide bonds. The van der Waals surface area contributed by atoms with Gasteiger partial charge in [-0.2, -0.15) is 0 Å². The minimum Gasteiger partial charge on any atom is -0.372 e. The Hall–Kier alpha value is -1.09. The molecule has 1 saturated heterocycles. The summed E-state index contributed by atoms with van der Waals surface area (Å²) in [6.07, 6.45) is 2.41. The van der Waals surface area contributed by atoms with E-state index in [9.17, 15) is 0 Å². The van der Waals surface area contributed by atoms with Gasteiger partial charge in [-0.05, 0) is 25.5 Å². The summed E-state index contributed by atoms with van der Waals surface area (Å²) in [7, 11) is 3.60. The molecular weight excluding hydrogens is 393 g/mol. The predicted molar refractivity (Wildman–Crippen MR) is 101 cm³/mol. The van der Waals surface area contributed by atoms with Crippen LogP contribution in [0.5, 0.6) is 0 Å². The van der Waals surface area contributed by atoms with E-state index < -0.39 is 0 Å². The van der Waals surface area contributed by atoms with Crippen LogP contribution in [-0.2, 0) is 11.3 Å². The fourth-order valence-corrected chi connectivity index (χ4v) is 2.54. The van der Waals surface area contributed by atoms with Gasteiger partial charge in [-0.3, -0.25) is 4.99 Å². The van der Waals surface area contributed by atoms with Gasteiger partial charge in [0.1, 0.15) is 5.82 Å². The summed E-state index contributed by atoms with van der Waals surface area (Å²) in [4.78, 5) is 10.9. The number of aromatic nitrogens is 1. The van der Waals surface area contributed by atoms with Gasteiger partial charge in [-0.25, -0.2) is 4.98 Å². The molecule has 7 heteroatoms. The molecule has 22 heavy (non-hydrogen) atoms. The second-order valence-electron chi connectivity index (χ2n) is 5.36. The highest BCUT2D eigenvalue weighted by Gasteiger charge is 2.22. The van der Waals surface area contributed by atoms with Crippen molar-refractivity contribution in [3.8, 4) is 0 Å². The monoisotopic (exact) mass is 419 g/mol. The minimum atomic E-state index is 0. The Morgan fingerprint density at radius 3 is 2.55 bits per heavy atom. The number of nitrogens with one attached hydrogen (secondary N) is 2. The van der Waals surface area contributed by atoms with Crippen LogP contribution in [0.2, 0.25) is 0 Å². The summed E-state index contributed by atoms with van der Waals surface area (Å²) in [5.41, 5.74) is 1.13. The quantitative estimate of drug-likeness (QED) is 0.443. The van der Waals surface area contributed by atoms with Gasteiger partial charge < -0.3 is 20.3 Å². The molecule has 2 atom stereocenters. The first kappa shape index (κ1) is 19.0. The molecule has 1 aliphatic rings. The van der Waals surface area contributed by atoms with Crippen LogP contribution in [0.3, 0.4) is 0 Å². The van der Waals surface area contributed by atoms with Gasteiger partial charge in [0.05, 0.1) is 12.2 Å². The zero-order valence-corrected chi connectivity index (χ0v) is 16.0. The van der Waals surface area contributed by atoms with Crippen molar-refractivity contribution in [2.24, 2.45) is 4.99 Å². The van der Waals surface area contributed by atoms with E-state index in [1.54, 1.807) is 7.05 Å². The summed E-state index contributed by atoms with van der Waals surface area (Å²) in [5, 5.41) is 6.20. The molecule has 2 unspecified atom stereocenters. The van der Waals surface area contributed by atoms with Crippen molar-refractivity contribution in [2.75, 3.05) is 32.1 Å². The first-order chi connectivity index (χ1) is 10.1. The molecule has 0 spiro atoms. The van der Waals surface area contributed by atoms with E-state index in [-0.39, 0.29) is 36.2 Å². The number of halogens is 1. The zero-order chi connectivity index (χ0) is 15.2. The van der Waals surface area contributed by atoms with Crippen molar-refractivity contribution < 1.29 is 4.74 Å². The molecule has 0 bridgehead atoms. The number of hydrogen-bond donors (Lipinski definition) is 2. The van der Waals surface area contributed by atoms with Crippen LogP contribution in [0.15, 0.2) is 23.3 Å². The Kier molecular flexibility index (Phi) is 7.88. The number of ether oxygens (including phenoxy) is 1. The molecule has 6 nitrogen and oxygen atoms in total. The second kappa shape index (κ2) is 9.14. The Labute approximate surface area is 149 Å². The third-order valence-electron chi connectivity index (χ3n) is 3.47.